The number of carbonyl (C=O) groups is 2. The third-order valence-electron chi connectivity index (χ3n) is 3.60. The van der Waals surface area contributed by atoms with Gasteiger partial charge in [-0.2, -0.15) is 0 Å². The average Bonchev–Trinajstić information content (AvgIpc) is 3.22. The number of rotatable bonds is 2. The van der Waals surface area contributed by atoms with Gasteiger partial charge in [0.15, 0.2) is 0 Å². The summed E-state index contributed by atoms with van der Waals surface area (Å²) in [6.07, 6.45) is 2.15. The summed E-state index contributed by atoms with van der Waals surface area (Å²) in [5.41, 5.74) is 0.299. The van der Waals surface area contributed by atoms with Gasteiger partial charge in [-0.1, -0.05) is 6.07 Å². The van der Waals surface area contributed by atoms with Gasteiger partial charge in [-0.25, -0.2) is 4.39 Å². The van der Waals surface area contributed by atoms with Gasteiger partial charge < -0.3 is 9.80 Å². The largest absolute Gasteiger partial charge is 0.336 e. The Kier molecular flexibility index (Phi) is 2.97. The van der Waals surface area contributed by atoms with E-state index < -0.39 is 5.82 Å². The van der Waals surface area contributed by atoms with Crippen LogP contribution in [0.3, 0.4) is 0 Å². The second-order valence-electron chi connectivity index (χ2n) is 5.06. The first-order chi connectivity index (χ1) is 9.15. The summed E-state index contributed by atoms with van der Waals surface area (Å²) in [5, 5.41) is 0. The van der Waals surface area contributed by atoms with Gasteiger partial charge in [-0.05, 0) is 31.0 Å². The molecule has 2 amide bonds. The fourth-order valence-electron chi connectivity index (χ4n) is 2.44. The van der Waals surface area contributed by atoms with E-state index in [9.17, 15) is 14.0 Å². The molecule has 0 bridgehead atoms. The maximum absolute atomic E-state index is 13.1. The maximum Gasteiger partial charge on any atom is 0.254 e. The molecule has 100 valence electrons. The zero-order valence-corrected chi connectivity index (χ0v) is 10.5. The first kappa shape index (κ1) is 12.1. The van der Waals surface area contributed by atoms with Crippen molar-refractivity contribution in [2.75, 3.05) is 19.6 Å². The van der Waals surface area contributed by atoms with Crippen LogP contribution in [0.4, 0.5) is 4.39 Å². The maximum atomic E-state index is 13.1. The summed E-state index contributed by atoms with van der Waals surface area (Å²) in [6, 6.07) is 5.97. The molecule has 1 saturated heterocycles. The van der Waals surface area contributed by atoms with Crippen LogP contribution < -0.4 is 0 Å². The molecule has 1 aromatic rings. The second kappa shape index (κ2) is 4.64. The van der Waals surface area contributed by atoms with Crippen molar-refractivity contribution in [2.45, 2.75) is 18.9 Å². The predicted molar refractivity (Wildman–Crippen MR) is 67.0 cm³/mol. The molecule has 0 unspecified atom stereocenters. The number of hydrogen-bond acceptors (Lipinski definition) is 2. The number of carbonyl (C=O) groups excluding carboxylic acids is 2. The van der Waals surface area contributed by atoms with Gasteiger partial charge in [-0.15, -0.1) is 0 Å². The van der Waals surface area contributed by atoms with Gasteiger partial charge in [0.2, 0.25) is 5.91 Å². The zero-order chi connectivity index (χ0) is 13.4. The van der Waals surface area contributed by atoms with Crippen molar-refractivity contribution in [1.82, 2.24) is 9.80 Å². The quantitative estimate of drug-likeness (QED) is 0.805. The molecule has 1 saturated carbocycles. The Morgan fingerprint density at radius 1 is 1.26 bits per heavy atom. The first-order valence-electron chi connectivity index (χ1n) is 6.49. The summed E-state index contributed by atoms with van der Waals surface area (Å²) < 4.78 is 13.1. The van der Waals surface area contributed by atoms with E-state index in [-0.39, 0.29) is 18.4 Å². The summed E-state index contributed by atoms with van der Waals surface area (Å²) in [4.78, 5) is 27.5. The Hall–Kier alpha value is -1.91. The molecule has 3 rings (SSSR count). The van der Waals surface area contributed by atoms with E-state index in [0.29, 0.717) is 24.7 Å². The van der Waals surface area contributed by atoms with E-state index in [4.69, 9.17) is 0 Å². The molecule has 1 aromatic carbocycles. The van der Waals surface area contributed by atoms with Crippen molar-refractivity contribution in [3.8, 4) is 0 Å². The van der Waals surface area contributed by atoms with Gasteiger partial charge in [0, 0.05) is 24.7 Å². The van der Waals surface area contributed by atoms with Crippen molar-refractivity contribution in [3.05, 3.63) is 35.6 Å². The molecular weight excluding hydrogens is 247 g/mol. The topological polar surface area (TPSA) is 40.6 Å². The Labute approximate surface area is 110 Å². The highest BCUT2D eigenvalue weighted by Gasteiger charge is 2.36. The van der Waals surface area contributed by atoms with E-state index >= 15 is 0 Å². The Balaban J connectivity index is 1.70. The average molecular weight is 262 g/mol. The molecule has 2 aliphatic rings. The van der Waals surface area contributed by atoms with Crippen LogP contribution in [0.2, 0.25) is 0 Å². The van der Waals surface area contributed by atoms with Crippen LogP contribution in [0.1, 0.15) is 23.2 Å². The van der Waals surface area contributed by atoms with Crippen molar-refractivity contribution in [1.29, 1.82) is 0 Å². The highest BCUT2D eigenvalue weighted by molar-refractivity contribution is 5.97. The van der Waals surface area contributed by atoms with Crippen molar-refractivity contribution < 1.29 is 14.0 Å². The van der Waals surface area contributed by atoms with Crippen LogP contribution in [0.25, 0.3) is 0 Å². The van der Waals surface area contributed by atoms with Crippen LogP contribution in [-0.2, 0) is 4.79 Å². The molecule has 0 atom stereocenters. The lowest BCUT2D eigenvalue weighted by Crippen LogP contribution is -2.52. The lowest BCUT2D eigenvalue weighted by molar-refractivity contribution is -0.135. The molecule has 1 aliphatic carbocycles. The normalized spacial score (nSPS) is 19.7. The highest BCUT2D eigenvalue weighted by Crippen LogP contribution is 2.28. The first-order valence-corrected chi connectivity index (χ1v) is 6.49. The van der Waals surface area contributed by atoms with Crippen LogP contribution in [0.5, 0.6) is 0 Å². The van der Waals surface area contributed by atoms with E-state index in [1.54, 1.807) is 6.07 Å². The minimum Gasteiger partial charge on any atom is -0.336 e. The van der Waals surface area contributed by atoms with Crippen LogP contribution in [0, 0.1) is 5.82 Å². The van der Waals surface area contributed by atoms with E-state index in [0.717, 1.165) is 12.8 Å². The van der Waals surface area contributed by atoms with Gasteiger partial charge in [-0.3, -0.25) is 9.59 Å². The van der Waals surface area contributed by atoms with Gasteiger partial charge in [0.25, 0.3) is 5.91 Å². The monoisotopic (exact) mass is 262 g/mol. The third kappa shape index (κ3) is 2.45. The SMILES string of the molecule is O=C(c1cccc(F)c1)N1CCN(C2CC2)C(=O)C1. The fourth-order valence-corrected chi connectivity index (χ4v) is 2.44. The molecule has 0 radical (unpaired) electrons. The summed E-state index contributed by atoms with van der Waals surface area (Å²) in [5.74, 6) is -0.712. The van der Waals surface area contributed by atoms with E-state index in [1.807, 2.05) is 4.90 Å². The highest BCUT2D eigenvalue weighted by atomic mass is 19.1. The molecule has 0 N–H and O–H groups in total. The standard InChI is InChI=1S/C14H15FN2O2/c15-11-3-1-2-10(8-11)14(19)16-6-7-17(12-4-5-12)13(18)9-16/h1-3,8,12H,4-7,9H2. The van der Waals surface area contributed by atoms with Crippen molar-refractivity contribution in [3.63, 3.8) is 0 Å². The van der Waals surface area contributed by atoms with Crippen LogP contribution >= 0.6 is 0 Å². The van der Waals surface area contributed by atoms with Crippen molar-refractivity contribution >= 4 is 11.8 Å². The number of amides is 2. The van der Waals surface area contributed by atoms with Crippen LogP contribution in [-0.4, -0.2) is 47.3 Å². The number of nitrogens with zero attached hydrogens (tertiary/aromatic N) is 2. The summed E-state index contributed by atoms with van der Waals surface area (Å²) in [6.45, 7) is 1.22. The smallest absolute Gasteiger partial charge is 0.254 e. The molecule has 0 aromatic heterocycles. The van der Waals surface area contributed by atoms with Gasteiger partial charge in [0.05, 0.1) is 0 Å². The molecule has 19 heavy (non-hydrogen) atoms. The lowest BCUT2D eigenvalue weighted by atomic mass is 10.1. The molecule has 2 fully saturated rings. The van der Waals surface area contributed by atoms with Gasteiger partial charge in [0.1, 0.15) is 12.4 Å². The number of piperazine rings is 1. The van der Waals surface area contributed by atoms with Crippen molar-refractivity contribution in [2.24, 2.45) is 0 Å². The molecule has 5 heteroatoms. The number of hydrogen-bond donors (Lipinski definition) is 0. The number of benzene rings is 1. The van der Waals surface area contributed by atoms with Crippen LogP contribution in [0.15, 0.2) is 24.3 Å². The van der Waals surface area contributed by atoms with E-state index in [1.165, 1.54) is 23.1 Å². The predicted octanol–water partition coefficient (Wildman–Crippen LogP) is 1.27. The zero-order valence-electron chi connectivity index (χ0n) is 10.5. The summed E-state index contributed by atoms with van der Waals surface area (Å²) in [7, 11) is 0. The Morgan fingerprint density at radius 2 is 2.05 bits per heavy atom. The minimum atomic E-state index is -0.436. The third-order valence-corrected chi connectivity index (χ3v) is 3.60. The molecule has 4 nitrogen and oxygen atoms in total. The molecule has 0 spiro atoms. The summed E-state index contributed by atoms with van der Waals surface area (Å²) >= 11 is 0. The second-order valence-corrected chi connectivity index (χ2v) is 5.06. The lowest BCUT2D eigenvalue weighted by Gasteiger charge is -2.34. The molecule has 1 heterocycles. The Bertz CT molecular complexity index is 528. The molecule has 1 aliphatic heterocycles. The number of halogens is 1. The Morgan fingerprint density at radius 3 is 2.68 bits per heavy atom. The molecular formula is C14H15FN2O2. The van der Waals surface area contributed by atoms with E-state index in [2.05, 4.69) is 0 Å². The minimum absolute atomic E-state index is 0.00139. The fraction of sp³-hybridized carbons (Fsp3) is 0.429. The van der Waals surface area contributed by atoms with Gasteiger partial charge >= 0.3 is 0 Å².